The lowest BCUT2D eigenvalue weighted by Gasteiger charge is -2.11. The number of benzene rings is 7. The first-order valence-electron chi connectivity index (χ1n) is 18.5. The molecule has 0 aliphatic heterocycles. The van der Waals surface area contributed by atoms with Gasteiger partial charge in [0.2, 0.25) is 0 Å². The third-order valence-electron chi connectivity index (χ3n) is 10.5. The number of pyridine rings is 1. The third-order valence-corrected chi connectivity index (χ3v) is 11.6. The highest BCUT2D eigenvalue weighted by molar-refractivity contribution is 7.25. The molecule has 0 radical (unpaired) electrons. The van der Waals surface area contributed by atoms with Crippen LogP contribution in [0.3, 0.4) is 0 Å². The van der Waals surface area contributed by atoms with E-state index in [-0.39, 0.29) is 0 Å². The molecule has 7 aromatic carbocycles. The molecule has 0 aliphatic carbocycles. The van der Waals surface area contributed by atoms with E-state index in [0.717, 1.165) is 72.0 Å². The van der Waals surface area contributed by atoms with Crippen molar-refractivity contribution < 1.29 is 4.42 Å². The maximum absolute atomic E-state index is 6.68. The number of rotatable bonds is 6. The zero-order valence-electron chi connectivity index (χ0n) is 29.9. The fourth-order valence-corrected chi connectivity index (χ4v) is 8.86. The molecule has 262 valence electrons. The van der Waals surface area contributed by atoms with Gasteiger partial charge in [0, 0.05) is 71.2 Å². The van der Waals surface area contributed by atoms with Crippen LogP contribution in [0, 0.1) is 0 Å². The van der Waals surface area contributed by atoms with Gasteiger partial charge in [0.05, 0.1) is 0 Å². The summed E-state index contributed by atoms with van der Waals surface area (Å²) in [5, 5.41) is 4.77. The monoisotopic (exact) mass is 734 g/mol. The summed E-state index contributed by atoms with van der Waals surface area (Å²) in [5.41, 5.74) is 11.0. The molecule has 5 nitrogen and oxygen atoms in total. The lowest BCUT2D eigenvalue weighted by atomic mass is 9.94. The van der Waals surface area contributed by atoms with Gasteiger partial charge in [-0.1, -0.05) is 133 Å². The van der Waals surface area contributed by atoms with Crippen molar-refractivity contribution in [2.45, 2.75) is 0 Å². The zero-order valence-corrected chi connectivity index (χ0v) is 30.7. The van der Waals surface area contributed by atoms with E-state index in [9.17, 15) is 0 Å². The zero-order chi connectivity index (χ0) is 37.0. The van der Waals surface area contributed by atoms with Gasteiger partial charge in [0.25, 0.3) is 0 Å². The van der Waals surface area contributed by atoms with Crippen molar-refractivity contribution >= 4 is 53.4 Å². The molecule has 0 unspecified atom stereocenters. The van der Waals surface area contributed by atoms with Gasteiger partial charge in [-0.15, -0.1) is 11.3 Å². The summed E-state index contributed by atoms with van der Waals surface area (Å²) < 4.78 is 9.25. The van der Waals surface area contributed by atoms with Crippen LogP contribution in [0.4, 0.5) is 0 Å². The summed E-state index contributed by atoms with van der Waals surface area (Å²) in [6, 6.07) is 59.0. The number of hydrogen-bond acceptors (Lipinski definition) is 6. The van der Waals surface area contributed by atoms with Crippen LogP contribution in [0.2, 0.25) is 0 Å². The number of thiophene rings is 1. The number of para-hydroxylation sites is 1. The first kappa shape index (κ1) is 32.2. The Labute approximate surface area is 326 Å². The van der Waals surface area contributed by atoms with Gasteiger partial charge in [-0.3, -0.25) is 4.98 Å². The molecule has 11 aromatic rings. The molecular weight excluding hydrogens is 705 g/mol. The Balaban J connectivity index is 1.02. The maximum atomic E-state index is 6.68. The molecule has 0 atom stereocenters. The molecular formula is C50H30N4OS. The molecule has 4 heterocycles. The van der Waals surface area contributed by atoms with Crippen molar-refractivity contribution in [2.75, 3.05) is 0 Å². The molecule has 0 saturated carbocycles. The Morgan fingerprint density at radius 2 is 1.02 bits per heavy atom. The molecule has 4 aromatic heterocycles. The van der Waals surface area contributed by atoms with Crippen molar-refractivity contribution in [1.82, 2.24) is 19.9 Å². The highest BCUT2D eigenvalue weighted by Crippen LogP contribution is 2.44. The van der Waals surface area contributed by atoms with Crippen LogP contribution < -0.4 is 0 Å². The summed E-state index contributed by atoms with van der Waals surface area (Å²) in [6.07, 6.45) is 3.65. The Kier molecular flexibility index (Phi) is 7.60. The summed E-state index contributed by atoms with van der Waals surface area (Å²) in [7, 11) is 0. The predicted octanol–water partition coefficient (Wildman–Crippen LogP) is 13.5. The fourth-order valence-electron chi connectivity index (χ4n) is 7.71. The van der Waals surface area contributed by atoms with E-state index in [1.165, 1.54) is 20.2 Å². The average Bonchev–Trinajstić information content (AvgIpc) is 3.85. The quantitative estimate of drug-likeness (QED) is 0.170. The summed E-state index contributed by atoms with van der Waals surface area (Å²) in [5.74, 6) is 1.84. The number of nitrogens with zero attached hydrogens (tertiary/aromatic N) is 4. The predicted molar refractivity (Wildman–Crippen MR) is 230 cm³/mol. The lowest BCUT2D eigenvalue weighted by molar-refractivity contribution is 0.670. The van der Waals surface area contributed by atoms with Gasteiger partial charge in [0.15, 0.2) is 17.5 Å². The van der Waals surface area contributed by atoms with Crippen LogP contribution in [0.15, 0.2) is 187 Å². The minimum atomic E-state index is 0.609. The van der Waals surface area contributed by atoms with Gasteiger partial charge in [0.1, 0.15) is 11.2 Å². The normalized spacial score (nSPS) is 11.6. The Hall–Kier alpha value is -7.28. The van der Waals surface area contributed by atoms with E-state index in [4.69, 9.17) is 19.4 Å². The van der Waals surface area contributed by atoms with Crippen LogP contribution >= 0.6 is 11.3 Å². The van der Waals surface area contributed by atoms with Crippen molar-refractivity contribution in [3.8, 4) is 67.5 Å². The van der Waals surface area contributed by atoms with Crippen LogP contribution in [-0.2, 0) is 0 Å². The summed E-state index contributed by atoms with van der Waals surface area (Å²) >= 11 is 1.83. The molecule has 0 saturated heterocycles. The first-order valence-corrected chi connectivity index (χ1v) is 19.3. The second kappa shape index (κ2) is 13.2. The maximum Gasteiger partial charge on any atom is 0.164 e. The van der Waals surface area contributed by atoms with Crippen LogP contribution in [0.25, 0.3) is 110 Å². The van der Waals surface area contributed by atoms with Crippen molar-refractivity contribution in [3.63, 3.8) is 0 Å². The van der Waals surface area contributed by atoms with Gasteiger partial charge >= 0.3 is 0 Å². The molecule has 11 rings (SSSR count). The highest BCUT2D eigenvalue weighted by Gasteiger charge is 2.19. The Morgan fingerprint density at radius 1 is 0.393 bits per heavy atom. The van der Waals surface area contributed by atoms with Gasteiger partial charge in [-0.05, 0) is 58.7 Å². The summed E-state index contributed by atoms with van der Waals surface area (Å²) in [6.45, 7) is 0. The van der Waals surface area contributed by atoms with Crippen LogP contribution in [0.5, 0.6) is 0 Å². The fraction of sp³-hybridized carbons (Fsp3) is 0. The van der Waals surface area contributed by atoms with Gasteiger partial charge in [-0.25, -0.2) is 15.0 Å². The molecule has 0 aliphatic rings. The third kappa shape index (κ3) is 5.54. The average molecular weight is 735 g/mol. The SMILES string of the molecule is c1ccc(-c2nc(-c3ccc(-c4ccc(-c5ccc6c(c5)sc5ccccc56)c5oc6ccccc6c45)cc3)nc(-c3cccc(-c4cccnc4)c3)n2)cc1. The van der Waals surface area contributed by atoms with Crippen LogP contribution in [0.1, 0.15) is 0 Å². The van der Waals surface area contributed by atoms with E-state index < -0.39 is 0 Å². The molecule has 0 spiro atoms. The van der Waals surface area contributed by atoms with E-state index in [1.54, 1.807) is 6.20 Å². The molecule has 56 heavy (non-hydrogen) atoms. The van der Waals surface area contributed by atoms with Gasteiger partial charge < -0.3 is 4.42 Å². The van der Waals surface area contributed by atoms with Crippen molar-refractivity contribution in [1.29, 1.82) is 0 Å². The smallest absolute Gasteiger partial charge is 0.164 e. The lowest BCUT2D eigenvalue weighted by Crippen LogP contribution is -2.00. The second-order valence-corrected chi connectivity index (χ2v) is 14.9. The topological polar surface area (TPSA) is 64.7 Å². The van der Waals surface area contributed by atoms with Gasteiger partial charge in [-0.2, -0.15) is 0 Å². The van der Waals surface area contributed by atoms with Crippen molar-refractivity contribution in [3.05, 3.63) is 182 Å². The molecule has 0 bridgehead atoms. The minimum absolute atomic E-state index is 0.609. The first-order chi connectivity index (χ1) is 27.7. The van der Waals surface area contributed by atoms with E-state index >= 15 is 0 Å². The number of furan rings is 1. The minimum Gasteiger partial charge on any atom is -0.455 e. The van der Waals surface area contributed by atoms with Crippen molar-refractivity contribution in [2.24, 2.45) is 0 Å². The molecule has 0 fully saturated rings. The highest BCUT2D eigenvalue weighted by atomic mass is 32.1. The number of hydrogen-bond donors (Lipinski definition) is 0. The van der Waals surface area contributed by atoms with E-state index in [1.807, 2.05) is 72.1 Å². The van der Waals surface area contributed by atoms with E-state index in [2.05, 4.69) is 120 Å². The number of fused-ring (bicyclic) bond motifs is 6. The van der Waals surface area contributed by atoms with E-state index in [0.29, 0.717) is 17.5 Å². The summed E-state index contributed by atoms with van der Waals surface area (Å²) in [4.78, 5) is 19.3. The molecule has 0 amide bonds. The standard InChI is InChI=1S/C50H30N4OS/c1-2-10-32(11-3-1)48-52-49(54-50(53-48)36-13-8-12-34(28-36)37-14-9-27-51-30-37)33-21-19-31(20-22-33)38-25-26-39(47-46(38)42-16-4-6-17-43(42)55-47)35-23-24-41-40-15-5-7-18-44(40)56-45(41)29-35/h1-30H. The second-order valence-electron chi connectivity index (χ2n) is 13.8. The largest absolute Gasteiger partial charge is 0.455 e. The Bertz CT molecular complexity index is 3240. The molecule has 6 heteroatoms. The number of aromatic nitrogens is 4. The van der Waals surface area contributed by atoms with Crippen LogP contribution in [-0.4, -0.2) is 19.9 Å². The molecule has 0 N–H and O–H groups in total. The Morgan fingerprint density at radius 3 is 1.84 bits per heavy atom.